The van der Waals surface area contributed by atoms with E-state index in [4.69, 9.17) is 0 Å². The van der Waals surface area contributed by atoms with Gasteiger partial charge in [0.15, 0.2) is 0 Å². The molecule has 6 nitrogen and oxygen atoms in total. The van der Waals surface area contributed by atoms with Crippen molar-refractivity contribution in [1.82, 2.24) is 10.2 Å². The third kappa shape index (κ3) is 3.07. The lowest BCUT2D eigenvalue weighted by molar-refractivity contribution is 0.0696. The highest BCUT2D eigenvalue weighted by Crippen LogP contribution is 2.45. The lowest BCUT2D eigenvalue weighted by atomic mass is 9.95. The van der Waals surface area contributed by atoms with Crippen LogP contribution in [0, 0.1) is 5.82 Å². The standard InChI is InChI=1S/C24H16FN3O3/c25-17-8-4-7-16(13-17)22-19-20(14-5-2-1-3-6-14)26-27-21(19)23(29)28(22)18-11-9-15(10-12-18)24(30)31/h1-13,22H,(H,26,27)(H,30,31)/t22-/m1/s1. The first kappa shape index (κ1) is 18.7. The van der Waals surface area contributed by atoms with Crippen LogP contribution in [0.4, 0.5) is 10.1 Å². The highest BCUT2D eigenvalue weighted by atomic mass is 19.1. The van der Waals surface area contributed by atoms with Crippen LogP contribution in [0.5, 0.6) is 0 Å². The number of benzene rings is 3. The molecule has 31 heavy (non-hydrogen) atoms. The van der Waals surface area contributed by atoms with Gasteiger partial charge >= 0.3 is 5.97 Å². The summed E-state index contributed by atoms with van der Waals surface area (Å²) in [6, 6.07) is 21.0. The monoisotopic (exact) mass is 413 g/mol. The number of halogens is 1. The van der Waals surface area contributed by atoms with Gasteiger partial charge in [0, 0.05) is 16.8 Å². The fourth-order valence-corrected chi connectivity index (χ4v) is 3.99. The van der Waals surface area contributed by atoms with Crippen molar-refractivity contribution in [3.8, 4) is 11.3 Å². The van der Waals surface area contributed by atoms with E-state index in [9.17, 15) is 19.1 Å². The molecular formula is C24H16FN3O3. The van der Waals surface area contributed by atoms with E-state index in [-0.39, 0.29) is 11.5 Å². The number of aromatic amines is 1. The number of carbonyl (C=O) groups excluding carboxylic acids is 1. The number of nitrogens with one attached hydrogen (secondary N) is 1. The zero-order chi connectivity index (χ0) is 21.5. The van der Waals surface area contributed by atoms with Crippen molar-refractivity contribution >= 4 is 17.6 Å². The van der Waals surface area contributed by atoms with Gasteiger partial charge in [-0.15, -0.1) is 0 Å². The van der Waals surface area contributed by atoms with Crippen LogP contribution in [-0.2, 0) is 0 Å². The average Bonchev–Trinajstić information content (AvgIpc) is 3.33. The number of H-pyrrole nitrogens is 1. The maximum Gasteiger partial charge on any atom is 0.335 e. The topological polar surface area (TPSA) is 86.3 Å². The summed E-state index contributed by atoms with van der Waals surface area (Å²) in [6.45, 7) is 0. The molecule has 152 valence electrons. The lowest BCUT2D eigenvalue weighted by Gasteiger charge is -2.26. The van der Waals surface area contributed by atoms with Crippen molar-refractivity contribution in [3.05, 3.63) is 107 Å². The van der Waals surface area contributed by atoms with Gasteiger partial charge in [0.2, 0.25) is 0 Å². The number of aromatic nitrogens is 2. The smallest absolute Gasteiger partial charge is 0.335 e. The molecule has 5 rings (SSSR count). The Kier molecular flexibility index (Phi) is 4.36. The molecule has 0 saturated heterocycles. The minimum absolute atomic E-state index is 0.114. The number of nitrogens with zero attached hydrogens (tertiary/aromatic N) is 2. The Morgan fingerprint density at radius 3 is 2.42 bits per heavy atom. The summed E-state index contributed by atoms with van der Waals surface area (Å²) in [4.78, 5) is 26.1. The van der Waals surface area contributed by atoms with Gasteiger partial charge in [-0.25, -0.2) is 9.18 Å². The zero-order valence-corrected chi connectivity index (χ0v) is 16.1. The SMILES string of the molecule is O=C(O)c1ccc(N2C(=O)c3[nH]nc(-c4ccccc4)c3[C@H]2c2cccc(F)c2)cc1. The van der Waals surface area contributed by atoms with E-state index in [2.05, 4.69) is 10.2 Å². The molecule has 7 heteroatoms. The summed E-state index contributed by atoms with van der Waals surface area (Å²) in [5.41, 5.74) is 3.64. The minimum atomic E-state index is -1.05. The number of aromatic carboxylic acids is 1. The van der Waals surface area contributed by atoms with Crippen molar-refractivity contribution < 1.29 is 19.1 Å². The lowest BCUT2D eigenvalue weighted by Crippen LogP contribution is -2.29. The van der Waals surface area contributed by atoms with Gasteiger partial charge in [-0.1, -0.05) is 42.5 Å². The van der Waals surface area contributed by atoms with Gasteiger partial charge < -0.3 is 5.11 Å². The van der Waals surface area contributed by atoms with Gasteiger partial charge in [0.25, 0.3) is 5.91 Å². The van der Waals surface area contributed by atoms with Crippen LogP contribution < -0.4 is 4.90 Å². The minimum Gasteiger partial charge on any atom is -0.478 e. The molecule has 0 radical (unpaired) electrons. The molecule has 0 bridgehead atoms. The summed E-state index contributed by atoms with van der Waals surface area (Å²) < 4.78 is 14.1. The highest BCUT2D eigenvalue weighted by molar-refractivity contribution is 6.11. The van der Waals surface area contributed by atoms with Crippen LogP contribution in [0.1, 0.15) is 38.0 Å². The number of amides is 1. The average molecular weight is 413 g/mol. The second-order valence-corrected chi connectivity index (χ2v) is 7.21. The largest absolute Gasteiger partial charge is 0.478 e. The van der Waals surface area contributed by atoms with Gasteiger partial charge in [0.1, 0.15) is 11.5 Å². The molecule has 0 unspecified atom stereocenters. The maximum atomic E-state index is 14.1. The number of hydrogen-bond acceptors (Lipinski definition) is 3. The normalized spacial score (nSPS) is 15.2. The van der Waals surface area contributed by atoms with E-state index < -0.39 is 17.8 Å². The maximum absolute atomic E-state index is 14.1. The number of anilines is 1. The van der Waals surface area contributed by atoms with E-state index in [1.54, 1.807) is 24.3 Å². The van der Waals surface area contributed by atoms with E-state index in [1.807, 2.05) is 30.3 Å². The van der Waals surface area contributed by atoms with Crippen molar-refractivity contribution in [1.29, 1.82) is 0 Å². The molecule has 1 aliphatic heterocycles. The summed E-state index contributed by atoms with van der Waals surface area (Å²) in [7, 11) is 0. The van der Waals surface area contributed by atoms with Crippen molar-refractivity contribution in [2.75, 3.05) is 4.90 Å². The number of hydrogen-bond donors (Lipinski definition) is 2. The third-order valence-electron chi connectivity index (χ3n) is 5.37. The molecule has 1 aromatic heterocycles. The molecule has 0 spiro atoms. The predicted molar refractivity (Wildman–Crippen MR) is 112 cm³/mol. The summed E-state index contributed by atoms with van der Waals surface area (Å²) >= 11 is 0. The molecule has 1 aliphatic rings. The van der Waals surface area contributed by atoms with Crippen LogP contribution in [0.2, 0.25) is 0 Å². The van der Waals surface area contributed by atoms with Gasteiger partial charge in [-0.2, -0.15) is 5.10 Å². The van der Waals surface area contributed by atoms with Crippen molar-refractivity contribution in [2.24, 2.45) is 0 Å². The second-order valence-electron chi connectivity index (χ2n) is 7.21. The van der Waals surface area contributed by atoms with E-state index in [0.29, 0.717) is 28.2 Å². The molecule has 2 N–H and O–H groups in total. The van der Waals surface area contributed by atoms with Crippen LogP contribution in [-0.4, -0.2) is 27.2 Å². The molecular weight excluding hydrogens is 397 g/mol. The number of fused-ring (bicyclic) bond motifs is 1. The first-order valence-electron chi connectivity index (χ1n) is 9.60. The zero-order valence-electron chi connectivity index (χ0n) is 16.1. The Morgan fingerprint density at radius 1 is 1.00 bits per heavy atom. The summed E-state index contributed by atoms with van der Waals surface area (Å²) in [5, 5.41) is 16.4. The van der Waals surface area contributed by atoms with Crippen LogP contribution in [0.3, 0.4) is 0 Å². The second kappa shape index (κ2) is 7.21. The van der Waals surface area contributed by atoms with Crippen molar-refractivity contribution in [3.63, 3.8) is 0 Å². The fourth-order valence-electron chi connectivity index (χ4n) is 3.99. The molecule has 3 aromatic carbocycles. The molecule has 0 aliphatic carbocycles. The molecule has 1 amide bonds. The summed E-state index contributed by atoms with van der Waals surface area (Å²) in [5.74, 6) is -1.78. The van der Waals surface area contributed by atoms with Gasteiger partial charge in [-0.05, 0) is 42.0 Å². The van der Waals surface area contributed by atoms with Gasteiger partial charge in [-0.3, -0.25) is 14.8 Å². The number of carbonyl (C=O) groups is 2. The highest BCUT2D eigenvalue weighted by Gasteiger charge is 2.43. The molecule has 0 fully saturated rings. The molecule has 2 heterocycles. The van der Waals surface area contributed by atoms with Crippen LogP contribution >= 0.6 is 0 Å². The Balaban J connectivity index is 1.70. The van der Waals surface area contributed by atoms with E-state index in [0.717, 1.165) is 5.56 Å². The Labute approximate surface area is 176 Å². The Morgan fingerprint density at radius 2 is 1.74 bits per heavy atom. The molecule has 4 aromatic rings. The Hall–Kier alpha value is -4.26. The van der Waals surface area contributed by atoms with Crippen LogP contribution in [0.25, 0.3) is 11.3 Å². The first-order valence-corrected chi connectivity index (χ1v) is 9.60. The van der Waals surface area contributed by atoms with E-state index >= 15 is 0 Å². The molecule has 0 saturated carbocycles. The fraction of sp³-hybridized carbons (Fsp3) is 0.0417. The van der Waals surface area contributed by atoms with Crippen molar-refractivity contribution in [2.45, 2.75) is 6.04 Å². The first-order chi connectivity index (χ1) is 15.0. The third-order valence-corrected chi connectivity index (χ3v) is 5.37. The van der Waals surface area contributed by atoms with Crippen LogP contribution in [0.15, 0.2) is 78.9 Å². The predicted octanol–water partition coefficient (Wildman–Crippen LogP) is 4.66. The number of carboxylic acids is 1. The number of carboxylic acid groups (broad SMARTS) is 1. The number of rotatable bonds is 4. The van der Waals surface area contributed by atoms with E-state index in [1.165, 1.54) is 29.2 Å². The quantitative estimate of drug-likeness (QED) is 0.509. The summed E-state index contributed by atoms with van der Waals surface area (Å²) in [6.07, 6.45) is 0. The molecule has 1 atom stereocenters. The Bertz CT molecular complexity index is 1300. The van der Waals surface area contributed by atoms with Gasteiger partial charge in [0.05, 0.1) is 17.3 Å².